The number of nitrogens with one attached hydrogen (secondary N) is 1. The highest BCUT2D eigenvalue weighted by Crippen LogP contribution is 2.28. The van der Waals surface area contributed by atoms with Crippen LogP contribution in [0, 0.1) is 21.4 Å². The molecule has 2 aromatic heterocycles. The van der Waals surface area contributed by atoms with Crippen LogP contribution in [-0.2, 0) is 4.79 Å². The number of hydrogen-bond donors (Lipinski definition) is 1. The Morgan fingerprint density at radius 2 is 2.17 bits per heavy atom. The predicted molar refractivity (Wildman–Crippen MR) is 114 cm³/mol. The zero-order valence-electron chi connectivity index (χ0n) is 15.9. The highest BCUT2D eigenvalue weighted by molar-refractivity contribution is 7.15. The molecule has 11 heteroatoms. The van der Waals surface area contributed by atoms with E-state index in [4.69, 9.17) is 11.6 Å². The Balaban J connectivity index is 1.90. The van der Waals surface area contributed by atoms with Crippen molar-refractivity contribution in [3.8, 4) is 11.8 Å². The molecular formula is C19H15ClN6O3S. The minimum absolute atomic E-state index is 0.0166. The van der Waals surface area contributed by atoms with Crippen molar-refractivity contribution in [3.63, 3.8) is 0 Å². The van der Waals surface area contributed by atoms with Gasteiger partial charge in [0.25, 0.3) is 11.6 Å². The lowest BCUT2D eigenvalue weighted by atomic mass is 10.2. The van der Waals surface area contributed by atoms with Crippen LogP contribution in [0.1, 0.15) is 30.5 Å². The molecule has 0 saturated carbocycles. The maximum atomic E-state index is 12.5. The summed E-state index contributed by atoms with van der Waals surface area (Å²) in [6.07, 6.45) is 3.05. The Labute approximate surface area is 180 Å². The third kappa shape index (κ3) is 4.53. The van der Waals surface area contributed by atoms with Crippen molar-refractivity contribution in [2.75, 3.05) is 5.32 Å². The summed E-state index contributed by atoms with van der Waals surface area (Å²) >= 11 is 7.11. The molecule has 0 atom stereocenters. The van der Waals surface area contributed by atoms with Crippen molar-refractivity contribution >= 4 is 45.7 Å². The van der Waals surface area contributed by atoms with Gasteiger partial charge in [-0.3, -0.25) is 20.2 Å². The van der Waals surface area contributed by atoms with E-state index in [9.17, 15) is 20.2 Å². The molecule has 3 aromatic rings. The third-order valence-electron chi connectivity index (χ3n) is 4.00. The number of hydrogen-bond acceptors (Lipinski definition) is 7. The van der Waals surface area contributed by atoms with E-state index in [1.54, 1.807) is 29.0 Å². The van der Waals surface area contributed by atoms with Crippen LogP contribution in [0.15, 0.2) is 42.1 Å². The summed E-state index contributed by atoms with van der Waals surface area (Å²) in [5, 5.41) is 32.2. The SMILES string of the molecule is CC(C)c1nnc(NC(=O)C(C#N)=Cc2cccn2-c2ccc(Cl)c([N+](=O)[O-])c2)s1. The second-order valence-electron chi connectivity index (χ2n) is 6.42. The number of nitriles is 1. The Morgan fingerprint density at radius 3 is 2.80 bits per heavy atom. The fourth-order valence-electron chi connectivity index (χ4n) is 2.52. The molecule has 0 unspecified atom stereocenters. The summed E-state index contributed by atoms with van der Waals surface area (Å²) in [4.78, 5) is 23.1. The largest absolute Gasteiger partial charge is 0.317 e. The molecular weight excluding hydrogens is 428 g/mol. The van der Waals surface area contributed by atoms with Crippen LogP contribution >= 0.6 is 22.9 Å². The summed E-state index contributed by atoms with van der Waals surface area (Å²) in [5.74, 6) is -0.454. The third-order valence-corrected chi connectivity index (χ3v) is 5.46. The standard InChI is InChI=1S/C19H15ClN6O3S/c1-11(2)18-23-24-19(30-18)22-17(27)12(10-21)8-13-4-3-7-25(13)14-5-6-15(20)16(9-14)26(28)29/h3-9,11H,1-2H3,(H,22,24,27). The molecule has 1 amide bonds. The van der Waals surface area contributed by atoms with Crippen LogP contribution in [0.4, 0.5) is 10.8 Å². The van der Waals surface area contributed by atoms with Gasteiger partial charge in [0.05, 0.1) is 10.6 Å². The molecule has 0 spiro atoms. The fraction of sp³-hybridized carbons (Fsp3) is 0.158. The topological polar surface area (TPSA) is 127 Å². The quantitative estimate of drug-likeness (QED) is 0.258. The second kappa shape index (κ2) is 8.86. The number of amides is 1. The first-order valence-corrected chi connectivity index (χ1v) is 9.87. The van der Waals surface area contributed by atoms with Gasteiger partial charge in [-0.05, 0) is 30.3 Å². The number of nitro benzene ring substituents is 1. The van der Waals surface area contributed by atoms with Crippen LogP contribution in [-0.4, -0.2) is 25.6 Å². The van der Waals surface area contributed by atoms with Gasteiger partial charge in [0.2, 0.25) is 5.13 Å². The highest BCUT2D eigenvalue weighted by atomic mass is 35.5. The Bertz CT molecular complexity index is 1190. The lowest BCUT2D eigenvalue weighted by molar-refractivity contribution is -0.384. The average molecular weight is 443 g/mol. The molecule has 0 radical (unpaired) electrons. The zero-order chi connectivity index (χ0) is 21.8. The van der Waals surface area contributed by atoms with E-state index >= 15 is 0 Å². The van der Waals surface area contributed by atoms with E-state index in [0.717, 1.165) is 5.01 Å². The van der Waals surface area contributed by atoms with Crippen molar-refractivity contribution in [2.45, 2.75) is 19.8 Å². The second-order valence-corrected chi connectivity index (χ2v) is 7.84. The maximum Gasteiger partial charge on any atom is 0.289 e. The van der Waals surface area contributed by atoms with Gasteiger partial charge < -0.3 is 4.57 Å². The van der Waals surface area contributed by atoms with E-state index in [0.29, 0.717) is 16.5 Å². The first kappa shape index (κ1) is 21.2. The zero-order valence-corrected chi connectivity index (χ0v) is 17.4. The molecule has 0 aliphatic carbocycles. The first-order valence-electron chi connectivity index (χ1n) is 8.68. The van der Waals surface area contributed by atoms with Crippen LogP contribution in [0.3, 0.4) is 0 Å². The van der Waals surface area contributed by atoms with Crippen LogP contribution in [0.2, 0.25) is 5.02 Å². The van der Waals surface area contributed by atoms with Gasteiger partial charge in [0.15, 0.2) is 0 Å². The number of carbonyl (C=O) groups excluding carboxylic acids is 1. The lowest BCUT2D eigenvalue weighted by Gasteiger charge is -2.08. The Morgan fingerprint density at radius 1 is 1.40 bits per heavy atom. The number of carbonyl (C=O) groups is 1. The van der Waals surface area contributed by atoms with Crippen LogP contribution < -0.4 is 5.32 Å². The molecule has 9 nitrogen and oxygen atoms in total. The average Bonchev–Trinajstić information content (AvgIpc) is 3.35. The van der Waals surface area contributed by atoms with Crippen LogP contribution in [0.25, 0.3) is 11.8 Å². The summed E-state index contributed by atoms with van der Waals surface area (Å²) < 4.78 is 1.61. The van der Waals surface area contributed by atoms with Crippen LogP contribution in [0.5, 0.6) is 0 Å². The number of rotatable bonds is 6. The normalized spacial score (nSPS) is 11.4. The van der Waals surface area contributed by atoms with Gasteiger partial charge >= 0.3 is 0 Å². The molecule has 152 valence electrons. The molecule has 1 aromatic carbocycles. The maximum absolute atomic E-state index is 12.5. The molecule has 3 rings (SSSR count). The van der Waals surface area contributed by atoms with E-state index in [-0.39, 0.29) is 22.2 Å². The summed E-state index contributed by atoms with van der Waals surface area (Å²) in [6.45, 7) is 3.92. The van der Waals surface area contributed by atoms with Gasteiger partial charge in [0, 0.05) is 23.9 Å². The molecule has 0 saturated heterocycles. The lowest BCUT2D eigenvalue weighted by Crippen LogP contribution is -2.13. The monoisotopic (exact) mass is 442 g/mol. The Kier molecular flexibility index (Phi) is 6.25. The predicted octanol–water partition coefficient (Wildman–Crippen LogP) is 4.56. The van der Waals surface area contributed by atoms with E-state index < -0.39 is 10.8 Å². The number of anilines is 1. The number of halogens is 1. The number of nitro groups is 1. The summed E-state index contributed by atoms with van der Waals surface area (Å²) in [7, 11) is 0. The van der Waals surface area contributed by atoms with Crippen molar-refractivity contribution in [1.29, 1.82) is 5.26 Å². The molecule has 0 aliphatic rings. The number of nitrogens with zero attached hydrogens (tertiary/aromatic N) is 5. The minimum atomic E-state index is -0.626. The van der Waals surface area contributed by atoms with Gasteiger partial charge in [-0.15, -0.1) is 10.2 Å². The van der Waals surface area contributed by atoms with Crippen molar-refractivity contribution in [2.24, 2.45) is 0 Å². The molecule has 1 N–H and O–H groups in total. The van der Waals surface area contributed by atoms with Gasteiger partial charge in [0.1, 0.15) is 21.7 Å². The van der Waals surface area contributed by atoms with Gasteiger partial charge in [-0.2, -0.15) is 5.26 Å². The highest BCUT2D eigenvalue weighted by Gasteiger charge is 2.17. The minimum Gasteiger partial charge on any atom is -0.317 e. The van der Waals surface area contributed by atoms with Gasteiger partial charge in [-0.1, -0.05) is 36.8 Å². The first-order chi connectivity index (χ1) is 14.3. The van der Waals surface area contributed by atoms with E-state index in [1.165, 1.54) is 29.5 Å². The van der Waals surface area contributed by atoms with Crippen molar-refractivity contribution < 1.29 is 9.72 Å². The van der Waals surface area contributed by atoms with Gasteiger partial charge in [-0.25, -0.2) is 0 Å². The van der Waals surface area contributed by atoms with Crippen molar-refractivity contribution in [3.05, 3.63) is 67.9 Å². The van der Waals surface area contributed by atoms with E-state index in [2.05, 4.69) is 15.5 Å². The molecule has 0 bridgehead atoms. The number of benzene rings is 1. The molecule has 0 fully saturated rings. The van der Waals surface area contributed by atoms with Crippen molar-refractivity contribution in [1.82, 2.24) is 14.8 Å². The number of aromatic nitrogens is 3. The summed E-state index contributed by atoms with van der Waals surface area (Å²) in [6, 6.07) is 9.58. The molecule has 0 aliphatic heterocycles. The van der Waals surface area contributed by atoms with E-state index in [1.807, 2.05) is 19.9 Å². The fourth-order valence-corrected chi connectivity index (χ4v) is 3.44. The summed E-state index contributed by atoms with van der Waals surface area (Å²) in [5.41, 5.74) is 0.553. The molecule has 2 heterocycles. The molecule has 30 heavy (non-hydrogen) atoms. The Hall–Kier alpha value is -3.55. The smallest absolute Gasteiger partial charge is 0.289 e.